The Bertz CT molecular complexity index is 1520. The number of nitrogens with one attached hydrogen (secondary N) is 2. The largest absolute Gasteiger partial charge is 0.453 e. The van der Waals surface area contributed by atoms with E-state index in [2.05, 4.69) is 74.8 Å². The molecule has 0 aliphatic carbocycles. The van der Waals surface area contributed by atoms with Crippen LogP contribution < -0.4 is 10.6 Å². The van der Waals surface area contributed by atoms with E-state index in [-0.39, 0.29) is 34.4 Å². The van der Waals surface area contributed by atoms with Gasteiger partial charge in [0, 0.05) is 16.3 Å². The van der Waals surface area contributed by atoms with Crippen LogP contribution in [0.1, 0.15) is 44.9 Å². The lowest BCUT2D eigenvalue weighted by Gasteiger charge is -2.15. The van der Waals surface area contributed by atoms with Crippen molar-refractivity contribution < 1.29 is 22.8 Å². The van der Waals surface area contributed by atoms with Crippen molar-refractivity contribution in [1.29, 1.82) is 0 Å². The highest BCUT2D eigenvalue weighted by atomic mass is 127. The molecule has 16 heteroatoms. The van der Waals surface area contributed by atoms with Gasteiger partial charge in [-0.1, -0.05) is 0 Å². The predicted molar refractivity (Wildman–Crippen MR) is 141 cm³/mol. The van der Waals surface area contributed by atoms with Gasteiger partial charge in [0.1, 0.15) is 5.69 Å². The number of hydrogen-bond donors (Lipinski definition) is 2. The molecule has 1 aromatic carbocycles. The number of aromatic nitrogens is 7. The van der Waals surface area contributed by atoms with Gasteiger partial charge < -0.3 is 10.6 Å². The van der Waals surface area contributed by atoms with Crippen molar-refractivity contribution in [2.75, 3.05) is 11.9 Å². The Balaban J connectivity index is 1.77. The number of aryl methyl sites for hydroxylation is 1. The van der Waals surface area contributed by atoms with Gasteiger partial charge in [0.05, 0.1) is 28.0 Å². The molecule has 0 aliphatic heterocycles. The Morgan fingerprint density at radius 3 is 2.63 bits per heavy atom. The number of nitrogens with zero attached hydrogens (tertiary/aromatic N) is 7. The maximum atomic E-state index is 13.6. The third kappa shape index (κ3) is 5.85. The van der Waals surface area contributed by atoms with Gasteiger partial charge in [0.25, 0.3) is 17.6 Å². The van der Waals surface area contributed by atoms with E-state index in [1.165, 1.54) is 16.9 Å². The summed E-state index contributed by atoms with van der Waals surface area (Å²) in [5.74, 6) is -2.12. The summed E-state index contributed by atoms with van der Waals surface area (Å²) < 4.78 is 42.9. The Morgan fingerprint density at radius 1 is 1.18 bits per heavy atom. The number of alkyl halides is 3. The highest BCUT2D eigenvalue weighted by Gasteiger charge is 2.38. The summed E-state index contributed by atoms with van der Waals surface area (Å²) in [5, 5.41) is 19.4. The van der Waals surface area contributed by atoms with E-state index in [4.69, 9.17) is 0 Å². The number of carbonyl (C=O) groups excluding carboxylic acids is 2. The number of tetrazole rings is 1. The normalized spacial score (nSPS) is 11.4. The first-order valence-corrected chi connectivity index (χ1v) is 12.8. The Morgan fingerprint density at radius 2 is 1.95 bits per heavy atom. The lowest BCUT2D eigenvalue weighted by Crippen LogP contribution is -2.26. The second-order valence-electron chi connectivity index (χ2n) is 7.86. The molecule has 3 aromatic heterocycles. The Labute approximate surface area is 235 Å². The molecular weight excluding hydrogens is 686 g/mol. The van der Waals surface area contributed by atoms with E-state index in [1.54, 1.807) is 38.1 Å². The number of halogens is 5. The van der Waals surface area contributed by atoms with Crippen LogP contribution in [0.4, 0.5) is 18.9 Å². The molecule has 2 N–H and O–H groups in total. The zero-order chi connectivity index (χ0) is 27.6. The topological polar surface area (TPSA) is 133 Å². The Kier molecular flexibility index (Phi) is 8.10. The van der Waals surface area contributed by atoms with E-state index in [0.717, 1.165) is 3.57 Å². The van der Waals surface area contributed by atoms with Crippen molar-refractivity contribution in [3.05, 3.63) is 72.9 Å². The average Bonchev–Trinajstić information content (AvgIpc) is 3.48. The molecule has 0 saturated carbocycles. The van der Waals surface area contributed by atoms with E-state index >= 15 is 0 Å². The lowest BCUT2D eigenvalue weighted by atomic mass is 10.1. The molecule has 0 atom stereocenters. The molecule has 4 rings (SSSR count). The molecule has 198 valence electrons. The quantitative estimate of drug-likeness (QED) is 0.278. The number of rotatable bonds is 7. The highest BCUT2D eigenvalue weighted by molar-refractivity contribution is 14.1. The zero-order valence-electron chi connectivity index (χ0n) is 19.7. The third-order valence-corrected chi connectivity index (χ3v) is 6.39. The first kappa shape index (κ1) is 27.6. The average molecular weight is 704 g/mol. The first-order valence-electron chi connectivity index (χ1n) is 10.9. The van der Waals surface area contributed by atoms with Crippen molar-refractivity contribution >= 4 is 56.0 Å². The van der Waals surface area contributed by atoms with Crippen molar-refractivity contribution in [2.24, 2.45) is 0 Å². The summed E-state index contributed by atoms with van der Waals surface area (Å²) in [4.78, 5) is 30.5. The minimum Gasteiger partial charge on any atom is -0.352 e. The maximum Gasteiger partial charge on any atom is 0.453 e. The van der Waals surface area contributed by atoms with Gasteiger partial charge >= 0.3 is 6.18 Å². The summed E-state index contributed by atoms with van der Waals surface area (Å²) in [6, 6.07) is 8.08. The van der Waals surface area contributed by atoms with Crippen molar-refractivity contribution in [1.82, 2.24) is 40.3 Å². The first-order chi connectivity index (χ1) is 18.0. The van der Waals surface area contributed by atoms with Crippen LogP contribution in [0, 0.1) is 10.5 Å². The third-order valence-electron chi connectivity index (χ3n) is 5.15. The molecule has 11 nitrogen and oxygen atoms in total. The predicted octanol–water partition coefficient (Wildman–Crippen LogP) is 4.00. The van der Waals surface area contributed by atoms with Gasteiger partial charge in [-0.2, -0.15) is 18.3 Å². The maximum absolute atomic E-state index is 13.6. The summed E-state index contributed by atoms with van der Waals surface area (Å²) >= 11 is 5.44. The van der Waals surface area contributed by atoms with Crippen LogP contribution in [0.15, 0.2) is 41.0 Å². The second-order valence-corrected chi connectivity index (χ2v) is 9.96. The molecule has 3 heterocycles. The van der Waals surface area contributed by atoms with Gasteiger partial charge in [-0.15, -0.1) is 5.10 Å². The fourth-order valence-corrected chi connectivity index (χ4v) is 4.75. The van der Waals surface area contributed by atoms with Gasteiger partial charge in [0.15, 0.2) is 5.82 Å². The van der Waals surface area contributed by atoms with Crippen molar-refractivity contribution in [2.45, 2.75) is 26.6 Å². The molecule has 0 fully saturated rings. The number of hydrogen-bond acceptors (Lipinski definition) is 7. The summed E-state index contributed by atoms with van der Waals surface area (Å²) in [6.45, 7) is 3.44. The summed E-state index contributed by atoms with van der Waals surface area (Å²) in [5.41, 5.74) is 1.21. The van der Waals surface area contributed by atoms with Gasteiger partial charge in [-0.3, -0.25) is 9.59 Å². The number of amides is 2. The van der Waals surface area contributed by atoms with Gasteiger partial charge in [-0.25, -0.2) is 14.3 Å². The zero-order valence-corrected chi connectivity index (χ0v) is 23.5. The number of pyridine rings is 1. The highest BCUT2D eigenvalue weighted by Crippen LogP contribution is 2.28. The van der Waals surface area contributed by atoms with E-state index in [0.29, 0.717) is 21.3 Å². The molecule has 0 radical (unpaired) electrons. The number of benzene rings is 1. The molecule has 0 unspecified atom stereocenters. The molecule has 0 aliphatic rings. The van der Waals surface area contributed by atoms with Crippen LogP contribution in [0.3, 0.4) is 0 Å². The smallest absolute Gasteiger partial charge is 0.352 e. The van der Waals surface area contributed by atoms with Gasteiger partial charge in [0.2, 0.25) is 0 Å². The van der Waals surface area contributed by atoms with Crippen LogP contribution in [0.5, 0.6) is 0 Å². The molecule has 0 bridgehead atoms. The monoisotopic (exact) mass is 703 g/mol. The van der Waals surface area contributed by atoms with Gasteiger partial charge in [-0.05, 0) is 98.7 Å². The van der Waals surface area contributed by atoms with Crippen molar-refractivity contribution in [3.8, 4) is 5.82 Å². The van der Waals surface area contributed by atoms with E-state index < -0.39 is 24.5 Å². The van der Waals surface area contributed by atoms with Crippen LogP contribution >= 0.6 is 38.5 Å². The summed E-state index contributed by atoms with van der Waals surface area (Å²) in [6.07, 6.45) is -3.31. The fraction of sp³-hybridized carbons (Fsp3) is 0.227. The molecule has 2 amide bonds. The van der Waals surface area contributed by atoms with Crippen LogP contribution in [-0.2, 0) is 12.7 Å². The van der Waals surface area contributed by atoms with Crippen LogP contribution in [0.25, 0.3) is 5.82 Å². The van der Waals surface area contributed by atoms with E-state index in [9.17, 15) is 22.8 Å². The number of anilines is 1. The molecule has 38 heavy (non-hydrogen) atoms. The number of carbonyl (C=O) groups is 2. The lowest BCUT2D eigenvalue weighted by molar-refractivity contribution is -0.147. The molecular formula is C22H18BrF3IN9O2. The molecule has 0 spiro atoms. The van der Waals surface area contributed by atoms with Crippen LogP contribution in [-0.4, -0.2) is 53.3 Å². The second kappa shape index (κ2) is 11.1. The Hall–Kier alpha value is -3.41. The molecule has 4 aromatic rings. The minimum absolute atomic E-state index is 0.0409. The van der Waals surface area contributed by atoms with E-state index in [1.807, 2.05) is 0 Å². The fourth-order valence-electron chi connectivity index (χ4n) is 3.55. The standard InChI is InChI=1S/C22H18BrF3IN9O2/c1-3-28-19(37)14-8-12(27)7-11(2)17(14)30-20(38)16-9-13(10-35-21(22(24,25)26)31-33-34-35)32-36(16)18-15(23)5-4-6-29-18/h4-9H,3,10H2,1-2H3,(H,28,37)(H,30,38). The SMILES string of the molecule is CCNC(=O)c1cc(I)cc(C)c1NC(=O)c1cc(Cn2nnnc2C(F)(F)F)nn1-c1ncccc1Br. The molecule has 0 saturated heterocycles. The van der Waals surface area contributed by atoms with Crippen molar-refractivity contribution in [3.63, 3.8) is 0 Å². The minimum atomic E-state index is -4.78. The van der Waals surface area contributed by atoms with Crippen LogP contribution in [0.2, 0.25) is 0 Å². The summed E-state index contributed by atoms with van der Waals surface area (Å²) in [7, 11) is 0.